The van der Waals surface area contributed by atoms with Crippen molar-refractivity contribution in [2.24, 2.45) is 0 Å². The first-order valence-corrected chi connectivity index (χ1v) is 9.30. The number of aromatic nitrogens is 2. The summed E-state index contributed by atoms with van der Waals surface area (Å²) < 4.78 is 6.31. The Labute approximate surface area is 159 Å². The van der Waals surface area contributed by atoms with Crippen LogP contribution in [0.2, 0.25) is 0 Å². The molecule has 1 amide bonds. The molecule has 0 spiro atoms. The average Bonchev–Trinajstić information content (AvgIpc) is 3.11. The van der Waals surface area contributed by atoms with Gasteiger partial charge < -0.3 is 14.6 Å². The van der Waals surface area contributed by atoms with Crippen LogP contribution in [0.25, 0.3) is 22.7 Å². The number of hydrogen-bond donors (Lipinski definition) is 1. The molecular formula is C20H18BrN3O2. The van der Waals surface area contributed by atoms with E-state index in [0.29, 0.717) is 37.7 Å². The highest BCUT2D eigenvalue weighted by Crippen LogP contribution is 2.25. The van der Waals surface area contributed by atoms with Gasteiger partial charge in [-0.25, -0.2) is 4.98 Å². The summed E-state index contributed by atoms with van der Waals surface area (Å²) in [6, 6.07) is 15.6. The molecule has 26 heavy (non-hydrogen) atoms. The van der Waals surface area contributed by atoms with Crippen molar-refractivity contribution in [2.45, 2.75) is 0 Å². The van der Waals surface area contributed by atoms with Gasteiger partial charge in [-0.3, -0.25) is 4.79 Å². The second-order valence-electron chi connectivity index (χ2n) is 6.09. The fourth-order valence-electron chi connectivity index (χ4n) is 3.00. The third-order valence-corrected chi connectivity index (χ3v) is 5.10. The van der Waals surface area contributed by atoms with Crippen LogP contribution in [0.4, 0.5) is 0 Å². The normalized spacial score (nSPS) is 15.4. The number of amides is 1. The van der Waals surface area contributed by atoms with Crippen LogP contribution in [0.5, 0.6) is 0 Å². The number of carbonyl (C=O) groups excluding carboxylic acids is 1. The van der Waals surface area contributed by atoms with Gasteiger partial charge in [0.05, 0.1) is 29.8 Å². The molecular weight excluding hydrogens is 394 g/mol. The van der Waals surface area contributed by atoms with Gasteiger partial charge >= 0.3 is 0 Å². The molecule has 6 heteroatoms. The first-order chi connectivity index (χ1) is 12.7. The quantitative estimate of drug-likeness (QED) is 0.668. The molecule has 3 aromatic rings. The Hall–Kier alpha value is -2.44. The van der Waals surface area contributed by atoms with Gasteiger partial charge in [0.2, 0.25) is 0 Å². The molecule has 5 nitrogen and oxygen atoms in total. The molecule has 1 saturated heterocycles. The molecule has 132 valence electrons. The summed E-state index contributed by atoms with van der Waals surface area (Å²) in [4.78, 5) is 23.0. The van der Waals surface area contributed by atoms with Gasteiger partial charge in [0.1, 0.15) is 5.82 Å². The van der Waals surface area contributed by atoms with Crippen molar-refractivity contribution < 1.29 is 9.53 Å². The van der Waals surface area contributed by atoms with Gasteiger partial charge in [-0.05, 0) is 29.8 Å². The van der Waals surface area contributed by atoms with Crippen LogP contribution in [0.3, 0.4) is 0 Å². The number of nitrogens with one attached hydrogen (secondary N) is 1. The number of halogens is 1. The lowest BCUT2D eigenvalue weighted by Crippen LogP contribution is -2.41. The molecule has 1 aliphatic heterocycles. The summed E-state index contributed by atoms with van der Waals surface area (Å²) in [6.07, 6.45) is 1.89. The SMILES string of the molecule is O=C(/C(=C/c1ccccc1Br)c1nc2ccccc2[nH]1)N1CCOCC1. The molecule has 0 saturated carbocycles. The van der Waals surface area contributed by atoms with Crippen molar-refractivity contribution in [3.05, 3.63) is 64.4 Å². The van der Waals surface area contributed by atoms with Crippen LogP contribution in [0.15, 0.2) is 53.0 Å². The number of hydrogen-bond acceptors (Lipinski definition) is 3. The highest BCUT2D eigenvalue weighted by molar-refractivity contribution is 9.10. The van der Waals surface area contributed by atoms with Crippen molar-refractivity contribution >= 4 is 44.5 Å². The topological polar surface area (TPSA) is 58.2 Å². The molecule has 4 rings (SSSR count). The zero-order valence-electron chi connectivity index (χ0n) is 14.1. The van der Waals surface area contributed by atoms with Crippen molar-refractivity contribution in [1.82, 2.24) is 14.9 Å². The third-order valence-electron chi connectivity index (χ3n) is 4.38. The van der Waals surface area contributed by atoms with E-state index in [4.69, 9.17) is 4.74 Å². The number of para-hydroxylation sites is 2. The summed E-state index contributed by atoms with van der Waals surface area (Å²) in [7, 11) is 0. The number of carbonyl (C=O) groups is 1. The molecule has 1 N–H and O–H groups in total. The molecule has 2 aromatic carbocycles. The van der Waals surface area contributed by atoms with E-state index in [-0.39, 0.29) is 5.91 Å². The lowest BCUT2D eigenvalue weighted by molar-refractivity contribution is -0.128. The lowest BCUT2D eigenvalue weighted by Gasteiger charge is -2.27. The minimum atomic E-state index is -0.0388. The van der Waals surface area contributed by atoms with Crippen LogP contribution in [0.1, 0.15) is 11.4 Å². The summed E-state index contributed by atoms with van der Waals surface area (Å²) in [5, 5.41) is 0. The molecule has 0 unspecified atom stereocenters. The van der Waals surface area contributed by atoms with E-state index < -0.39 is 0 Å². The van der Waals surface area contributed by atoms with Crippen molar-refractivity contribution in [2.75, 3.05) is 26.3 Å². The maximum atomic E-state index is 13.2. The first kappa shape index (κ1) is 17.0. The number of fused-ring (bicyclic) bond motifs is 1. The summed E-state index contributed by atoms with van der Waals surface area (Å²) in [6.45, 7) is 2.31. The fraction of sp³-hybridized carbons (Fsp3) is 0.200. The standard InChI is InChI=1S/C20H18BrN3O2/c21-16-6-2-1-5-14(16)13-15(20(25)24-9-11-26-12-10-24)19-22-17-7-3-4-8-18(17)23-19/h1-8,13H,9-12H2,(H,22,23)/b15-13+. The number of ether oxygens (including phenoxy) is 1. The van der Waals surface area contributed by atoms with E-state index in [1.54, 1.807) is 0 Å². The van der Waals surface area contributed by atoms with Crippen LogP contribution in [-0.2, 0) is 9.53 Å². The lowest BCUT2D eigenvalue weighted by atomic mass is 10.1. The van der Waals surface area contributed by atoms with E-state index in [2.05, 4.69) is 25.9 Å². The van der Waals surface area contributed by atoms with Gasteiger partial charge in [0, 0.05) is 17.6 Å². The predicted molar refractivity (Wildman–Crippen MR) is 106 cm³/mol. The number of morpholine rings is 1. The number of nitrogens with zero attached hydrogens (tertiary/aromatic N) is 2. The van der Waals surface area contributed by atoms with Crippen LogP contribution >= 0.6 is 15.9 Å². The maximum Gasteiger partial charge on any atom is 0.257 e. The van der Waals surface area contributed by atoms with Gasteiger partial charge in [0.15, 0.2) is 0 Å². The Bertz CT molecular complexity index is 941. The minimum Gasteiger partial charge on any atom is -0.378 e. The van der Waals surface area contributed by atoms with Crippen LogP contribution in [-0.4, -0.2) is 47.1 Å². The molecule has 0 bridgehead atoms. The van der Waals surface area contributed by atoms with Gasteiger partial charge in [0.25, 0.3) is 5.91 Å². The second-order valence-corrected chi connectivity index (χ2v) is 6.94. The number of H-pyrrole nitrogens is 1. The summed E-state index contributed by atoms with van der Waals surface area (Å²) in [5.74, 6) is 0.543. The smallest absolute Gasteiger partial charge is 0.257 e. The molecule has 2 heterocycles. The monoisotopic (exact) mass is 411 g/mol. The van der Waals surface area contributed by atoms with E-state index in [9.17, 15) is 4.79 Å². The Morgan fingerprint density at radius 3 is 2.62 bits per heavy atom. The first-order valence-electron chi connectivity index (χ1n) is 8.51. The number of aromatic amines is 1. The highest BCUT2D eigenvalue weighted by Gasteiger charge is 2.24. The Balaban J connectivity index is 1.80. The molecule has 1 fully saturated rings. The molecule has 0 atom stereocenters. The summed E-state index contributed by atoms with van der Waals surface area (Å²) >= 11 is 3.56. The highest BCUT2D eigenvalue weighted by atomic mass is 79.9. The molecule has 1 aliphatic rings. The Morgan fingerprint density at radius 1 is 1.12 bits per heavy atom. The largest absolute Gasteiger partial charge is 0.378 e. The van der Waals surface area contributed by atoms with Crippen LogP contribution in [0, 0.1) is 0 Å². The van der Waals surface area contributed by atoms with Crippen molar-refractivity contribution in [1.29, 1.82) is 0 Å². The fourth-order valence-corrected chi connectivity index (χ4v) is 3.40. The van der Waals surface area contributed by atoms with Gasteiger partial charge in [-0.15, -0.1) is 0 Å². The van der Waals surface area contributed by atoms with E-state index in [1.807, 2.05) is 59.5 Å². The number of benzene rings is 2. The molecule has 0 radical (unpaired) electrons. The average molecular weight is 412 g/mol. The maximum absolute atomic E-state index is 13.2. The third kappa shape index (κ3) is 3.43. The van der Waals surface area contributed by atoms with E-state index in [1.165, 1.54) is 0 Å². The van der Waals surface area contributed by atoms with Crippen molar-refractivity contribution in [3.63, 3.8) is 0 Å². The van der Waals surface area contributed by atoms with E-state index in [0.717, 1.165) is 21.1 Å². The zero-order chi connectivity index (χ0) is 17.9. The van der Waals surface area contributed by atoms with Crippen molar-refractivity contribution in [3.8, 4) is 0 Å². The molecule has 1 aromatic heterocycles. The number of imidazole rings is 1. The number of rotatable bonds is 3. The Kier molecular flexibility index (Phi) is 4.86. The minimum absolute atomic E-state index is 0.0388. The predicted octanol–water partition coefficient (Wildman–Crippen LogP) is 3.72. The second kappa shape index (κ2) is 7.43. The van der Waals surface area contributed by atoms with Gasteiger partial charge in [-0.1, -0.05) is 46.3 Å². The van der Waals surface area contributed by atoms with Crippen LogP contribution < -0.4 is 0 Å². The molecule has 0 aliphatic carbocycles. The zero-order valence-corrected chi connectivity index (χ0v) is 15.7. The Morgan fingerprint density at radius 2 is 1.85 bits per heavy atom. The van der Waals surface area contributed by atoms with E-state index >= 15 is 0 Å². The van der Waals surface area contributed by atoms with Gasteiger partial charge in [-0.2, -0.15) is 0 Å². The summed E-state index contributed by atoms with van der Waals surface area (Å²) in [5.41, 5.74) is 3.24.